The number of methoxy groups -OCH3 is 1. The standard InChI is InChI=1S/C33H44N2O2S/c1-7-33(4,5)23-26(3)34-19-9-20-35(32(36)31-10-8-21-38-31)24-28-16-18-29(30(22-28)37-6)17-15-27-13-11-25(2)12-14-27/h8,10-14,16,18,21-22,34H,3,7,9,15,17,19-20,23-24H2,1-2,4-6H3. The molecule has 2 aromatic carbocycles. The second kappa shape index (κ2) is 14.2. The van der Waals surface area contributed by atoms with E-state index in [1.165, 1.54) is 28.0 Å². The maximum absolute atomic E-state index is 13.3. The lowest BCUT2D eigenvalue weighted by atomic mass is 9.85. The monoisotopic (exact) mass is 532 g/mol. The average molecular weight is 533 g/mol. The van der Waals surface area contributed by atoms with E-state index in [1.54, 1.807) is 7.11 Å². The SMILES string of the molecule is C=C(CC(C)(C)CC)NCCCN(Cc1ccc(CCc2ccc(C)cc2)c(OC)c1)C(=O)c1cccs1. The molecule has 0 bridgehead atoms. The molecule has 1 N–H and O–H groups in total. The van der Waals surface area contributed by atoms with Crippen LogP contribution in [0.5, 0.6) is 5.75 Å². The minimum atomic E-state index is 0.0772. The molecule has 0 fully saturated rings. The Labute approximate surface area is 233 Å². The molecular formula is C33H44N2O2S. The highest BCUT2D eigenvalue weighted by Crippen LogP contribution is 2.27. The molecule has 0 atom stereocenters. The third kappa shape index (κ3) is 9.05. The number of nitrogens with zero attached hydrogens (tertiary/aromatic N) is 1. The van der Waals surface area contributed by atoms with Crippen molar-refractivity contribution in [2.45, 2.75) is 66.3 Å². The summed E-state index contributed by atoms with van der Waals surface area (Å²) in [5.41, 5.74) is 6.18. The topological polar surface area (TPSA) is 41.6 Å². The molecule has 1 amide bonds. The van der Waals surface area contributed by atoms with Crippen LogP contribution in [0.4, 0.5) is 0 Å². The van der Waals surface area contributed by atoms with Gasteiger partial charge in [0.05, 0.1) is 12.0 Å². The molecule has 0 saturated carbocycles. The van der Waals surface area contributed by atoms with Crippen LogP contribution in [0.15, 0.2) is 72.3 Å². The normalized spacial score (nSPS) is 11.3. The lowest BCUT2D eigenvalue weighted by Gasteiger charge is -2.25. The van der Waals surface area contributed by atoms with Crippen molar-refractivity contribution in [1.29, 1.82) is 0 Å². The fraction of sp³-hybridized carbons (Fsp3) is 0.424. The third-order valence-corrected chi connectivity index (χ3v) is 8.03. The minimum Gasteiger partial charge on any atom is -0.496 e. The summed E-state index contributed by atoms with van der Waals surface area (Å²) in [7, 11) is 1.72. The van der Waals surface area contributed by atoms with E-state index in [0.29, 0.717) is 13.1 Å². The molecule has 3 rings (SSSR count). The molecule has 3 aromatic rings. The summed E-state index contributed by atoms with van der Waals surface area (Å²) in [6, 6.07) is 18.9. The van der Waals surface area contributed by atoms with Crippen molar-refractivity contribution < 1.29 is 9.53 Å². The molecule has 204 valence electrons. The van der Waals surface area contributed by atoms with Crippen LogP contribution in [-0.2, 0) is 19.4 Å². The zero-order valence-electron chi connectivity index (χ0n) is 23.8. The van der Waals surface area contributed by atoms with Crippen LogP contribution < -0.4 is 10.1 Å². The van der Waals surface area contributed by atoms with Crippen LogP contribution in [0, 0.1) is 12.3 Å². The summed E-state index contributed by atoms with van der Waals surface area (Å²) in [6.45, 7) is 15.1. The van der Waals surface area contributed by atoms with Crippen molar-refractivity contribution in [3.05, 3.63) is 99.4 Å². The van der Waals surface area contributed by atoms with E-state index in [4.69, 9.17) is 4.74 Å². The Kier molecular flexibility index (Phi) is 11.0. The van der Waals surface area contributed by atoms with E-state index in [0.717, 1.165) is 60.5 Å². The lowest BCUT2D eigenvalue weighted by Crippen LogP contribution is -2.32. The van der Waals surface area contributed by atoms with Crippen molar-refractivity contribution in [2.75, 3.05) is 20.2 Å². The quantitative estimate of drug-likeness (QED) is 0.203. The number of hydrogen-bond donors (Lipinski definition) is 1. The summed E-state index contributed by atoms with van der Waals surface area (Å²) in [5, 5.41) is 5.43. The highest BCUT2D eigenvalue weighted by Gasteiger charge is 2.19. The van der Waals surface area contributed by atoms with Crippen LogP contribution in [0.2, 0.25) is 0 Å². The number of thiophene rings is 1. The highest BCUT2D eigenvalue weighted by atomic mass is 32.1. The van der Waals surface area contributed by atoms with E-state index >= 15 is 0 Å². The molecule has 0 aliphatic rings. The van der Waals surface area contributed by atoms with Gasteiger partial charge in [0.1, 0.15) is 5.75 Å². The molecule has 1 aromatic heterocycles. The predicted octanol–water partition coefficient (Wildman–Crippen LogP) is 7.81. The first-order valence-corrected chi connectivity index (χ1v) is 14.5. The van der Waals surface area contributed by atoms with E-state index in [2.05, 4.69) is 82.1 Å². The number of aryl methyl sites for hydroxylation is 3. The third-order valence-electron chi connectivity index (χ3n) is 7.18. The molecule has 0 spiro atoms. The average Bonchev–Trinajstić information content (AvgIpc) is 3.45. The van der Waals surface area contributed by atoms with Gasteiger partial charge in [0.2, 0.25) is 0 Å². The Morgan fingerprint density at radius 3 is 2.47 bits per heavy atom. The van der Waals surface area contributed by atoms with Gasteiger partial charge in [-0.05, 0) is 72.2 Å². The summed E-state index contributed by atoms with van der Waals surface area (Å²) in [4.78, 5) is 16.1. The van der Waals surface area contributed by atoms with Gasteiger partial charge in [-0.1, -0.05) is 81.8 Å². The molecule has 0 unspecified atom stereocenters. The first-order valence-electron chi connectivity index (χ1n) is 13.7. The maximum atomic E-state index is 13.3. The number of benzene rings is 2. The minimum absolute atomic E-state index is 0.0772. The lowest BCUT2D eigenvalue weighted by molar-refractivity contribution is 0.0746. The van der Waals surface area contributed by atoms with E-state index < -0.39 is 0 Å². The number of nitrogens with one attached hydrogen (secondary N) is 1. The first kappa shape index (κ1) is 29.5. The molecular weight excluding hydrogens is 488 g/mol. The van der Waals surface area contributed by atoms with Crippen LogP contribution in [-0.4, -0.2) is 31.0 Å². The smallest absolute Gasteiger partial charge is 0.264 e. The molecule has 4 nitrogen and oxygen atoms in total. The number of rotatable bonds is 15. The Bertz CT molecular complexity index is 1170. The number of carbonyl (C=O) groups excluding carboxylic acids is 1. The van der Waals surface area contributed by atoms with Gasteiger partial charge in [-0.3, -0.25) is 4.79 Å². The van der Waals surface area contributed by atoms with Gasteiger partial charge < -0.3 is 15.0 Å². The van der Waals surface area contributed by atoms with E-state index in [9.17, 15) is 4.79 Å². The Balaban J connectivity index is 1.63. The van der Waals surface area contributed by atoms with E-state index in [1.807, 2.05) is 22.4 Å². The van der Waals surface area contributed by atoms with Gasteiger partial charge in [0, 0.05) is 25.3 Å². The van der Waals surface area contributed by atoms with Gasteiger partial charge in [-0.25, -0.2) is 0 Å². The molecule has 0 radical (unpaired) electrons. The van der Waals surface area contributed by atoms with Gasteiger partial charge >= 0.3 is 0 Å². The molecule has 1 heterocycles. The summed E-state index contributed by atoms with van der Waals surface area (Å²) in [6.07, 6.45) is 4.80. The Morgan fingerprint density at radius 2 is 1.82 bits per heavy atom. The van der Waals surface area contributed by atoms with Crippen molar-refractivity contribution in [3.63, 3.8) is 0 Å². The fourth-order valence-corrected chi connectivity index (χ4v) is 5.15. The van der Waals surface area contributed by atoms with Crippen LogP contribution in [0.25, 0.3) is 0 Å². The fourth-order valence-electron chi connectivity index (χ4n) is 4.46. The predicted molar refractivity (Wildman–Crippen MR) is 161 cm³/mol. The number of ether oxygens (including phenoxy) is 1. The van der Waals surface area contributed by atoms with Gasteiger partial charge in [0.15, 0.2) is 0 Å². The van der Waals surface area contributed by atoms with Gasteiger partial charge in [0.25, 0.3) is 5.91 Å². The van der Waals surface area contributed by atoms with Crippen LogP contribution in [0.1, 0.15) is 72.0 Å². The second-order valence-corrected chi connectivity index (χ2v) is 11.9. The number of allylic oxidation sites excluding steroid dienone is 1. The van der Waals surface area contributed by atoms with Crippen molar-refractivity contribution in [3.8, 4) is 5.75 Å². The molecule has 0 saturated heterocycles. The maximum Gasteiger partial charge on any atom is 0.264 e. The Hall–Kier alpha value is -3.05. The second-order valence-electron chi connectivity index (χ2n) is 10.9. The largest absolute Gasteiger partial charge is 0.496 e. The number of amides is 1. The summed E-state index contributed by atoms with van der Waals surface area (Å²) < 4.78 is 5.76. The Morgan fingerprint density at radius 1 is 1.08 bits per heavy atom. The van der Waals surface area contributed by atoms with Crippen molar-refractivity contribution in [1.82, 2.24) is 10.2 Å². The molecule has 5 heteroatoms. The summed E-state index contributed by atoms with van der Waals surface area (Å²) in [5.74, 6) is 0.961. The van der Waals surface area contributed by atoms with Crippen molar-refractivity contribution >= 4 is 17.2 Å². The van der Waals surface area contributed by atoms with Crippen LogP contribution in [0.3, 0.4) is 0 Å². The molecule has 0 aliphatic heterocycles. The highest BCUT2D eigenvalue weighted by molar-refractivity contribution is 7.12. The zero-order valence-corrected chi connectivity index (χ0v) is 24.6. The van der Waals surface area contributed by atoms with E-state index in [-0.39, 0.29) is 11.3 Å². The number of carbonyl (C=O) groups is 1. The van der Waals surface area contributed by atoms with Gasteiger partial charge in [-0.15, -0.1) is 11.3 Å². The zero-order chi connectivity index (χ0) is 27.5. The van der Waals surface area contributed by atoms with Crippen LogP contribution >= 0.6 is 11.3 Å². The molecule has 38 heavy (non-hydrogen) atoms. The van der Waals surface area contributed by atoms with Gasteiger partial charge in [-0.2, -0.15) is 0 Å². The first-order chi connectivity index (χ1) is 18.2. The van der Waals surface area contributed by atoms with Crippen molar-refractivity contribution in [2.24, 2.45) is 5.41 Å². The molecule has 0 aliphatic carbocycles. The summed E-state index contributed by atoms with van der Waals surface area (Å²) >= 11 is 1.49. The number of hydrogen-bond acceptors (Lipinski definition) is 4.